The van der Waals surface area contributed by atoms with Crippen molar-refractivity contribution in [1.82, 2.24) is 24.5 Å². The van der Waals surface area contributed by atoms with Gasteiger partial charge in [-0.2, -0.15) is 10.2 Å². The predicted octanol–water partition coefficient (Wildman–Crippen LogP) is 4.87. The molecule has 31 heavy (non-hydrogen) atoms. The first-order valence-corrected chi connectivity index (χ1v) is 11.2. The number of halogens is 1. The second kappa shape index (κ2) is 9.11. The van der Waals surface area contributed by atoms with E-state index in [4.69, 9.17) is 21.4 Å². The van der Waals surface area contributed by atoms with Crippen LogP contribution in [0.4, 0.5) is 5.13 Å². The van der Waals surface area contributed by atoms with Crippen LogP contribution in [0, 0.1) is 13.8 Å². The molecule has 0 fully saturated rings. The van der Waals surface area contributed by atoms with Gasteiger partial charge in [0, 0.05) is 31.9 Å². The van der Waals surface area contributed by atoms with E-state index in [2.05, 4.69) is 27.5 Å². The van der Waals surface area contributed by atoms with Crippen LogP contribution in [-0.2, 0) is 26.6 Å². The molecule has 0 atom stereocenters. The van der Waals surface area contributed by atoms with E-state index in [-0.39, 0.29) is 0 Å². The molecule has 0 aliphatic heterocycles. The highest BCUT2D eigenvalue weighted by molar-refractivity contribution is 7.19. The number of thiazole rings is 1. The fourth-order valence-corrected chi connectivity index (χ4v) is 4.56. The molecular weight excluding hydrogens is 432 g/mol. The topological polar surface area (TPSA) is 69.8 Å². The van der Waals surface area contributed by atoms with Crippen LogP contribution in [0.5, 0.6) is 5.75 Å². The van der Waals surface area contributed by atoms with Crippen LogP contribution in [0.1, 0.15) is 22.5 Å². The van der Waals surface area contributed by atoms with Gasteiger partial charge in [-0.15, -0.1) is 0 Å². The Hall–Kier alpha value is -2.84. The maximum absolute atomic E-state index is 6.33. The molecule has 9 heteroatoms. The summed E-state index contributed by atoms with van der Waals surface area (Å²) in [5.74, 6) is 0.871. The molecule has 3 heterocycles. The van der Waals surface area contributed by atoms with Crippen LogP contribution in [0.15, 0.2) is 36.5 Å². The number of benzene rings is 1. The van der Waals surface area contributed by atoms with E-state index < -0.39 is 0 Å². The van der Waals surface area contributed by atoms with Gasteiger partial charge in [0.15, 0.2) is 5.13 Å². The quantitative estimate of drug-likeness (QED) is 0.409. The summed E-state index contributed by atoms with van der Waals surface area (Å²) >= 11 is 7.93. The second-order valence-electron chi connectivity index (χ2n) is 7.33. The Kier molecular flexibility index (Phi) is 6.29. The van der Waals surface area contributed by atoms with Crippen molar-refractivity contribution in [1.29, 1.82) is 0 Å². The third kappa shape index (κ3) is 4.75. The molecule has 0 spiro atoms. The lowest BCUT2D eigenvalue weighted by molar-refractivity contribution is 0.414. The lowest BCUT2D eigenvalue weighted by Crippen LogP contribution is -2.02. The Morgan fingerprint density at radius 3 is 2.55 bits per heavy atom. The fraction of sp³-hybridized carbons (Fsp3) is 0.318. The zero-order valence-corrected chi connectivity index (χ0v) is 19.6. The standard InChI is InChI=1S/C22H25ClN6OS/c1-14-18(21(23)28(3)26-14)13-24-22-25-15(2)20(31-22)19-10-12-29(27-19)11-9-16-5-7-17(30-4)8-6-16/h5-8,10,12H,9,11,13H2,1-4H3,(H,24,25). The molecule has 0 saturated heterocycles. The molecule has 0 unspecified atom stereocenters. The highest BCUT2D eigenvalue weighted by Gasteiger charge is 2.15. The molecule has 0 aliphatic rings. The summed E-state index contributed by atoms with van der Waals surface area (Å²) in [4.78, 5) is 5.73. The number of hydrogen-bond acceptors (Lipinski definition) is 6. The predicted molar refractivity (Wildman–Crippen MR) is 125 cm³/mol. The van der Waals surface area contributed by atoms with Gasteiger partial charge in [-0.25, -0.2) is 4.98 Å². The van der Waals surface area contributed by atoms with Crippen molar-refractivity contribution in [2.24, 2.45) is 7.05 Å². The average Bonchev–Trinajstić information content (AvgIpc) is 3.44. The molecule has 0 aliphatic carbocycles. The largest absolute Gasteiger partial charge is 0.497 e. The number of methoxy groups -OCH3 is 1. The van der Waals surface area contributed by atoms with Crippen molar-refractivity contribution < 1.29 is 4.74 Å². The third-order valence-electron chi connectivity index (χ3n) is 5.14. The van der Waals surface area contributed by atoms with Crippen LogP contribution in [0.3, 0.4) is 0 Å². The van der Waals surface area contributed by atoms with Crippen molar-refractivity contribution >= 4 is 28.1 Å². The second-order valence-corrected chi connectivity index (χ2v) is 8.68. The summed E-state index contributed by atoms with van der Waals surface area (Å²) in [6, 6.07) is 10.2. The van der Waals surface area contributed by atoms with Crippen molar-refractivity contribution in [2.75, 3.05) is 12.4 Å². The lowest BCUT2D eigenvalue weighted by atomic mass is 10.1. The molecule has 0 bridgehead atoms. The Labute approximate surface area is 190 Å². The number of aryl methyl sites for hydroxylation is 5. The first-order chi connectivity index (χ1) is 14.9. The van der Waals surface area contributed by atoms with Crippen LogP contribution in [0.25, 0.3) is 10.6 Å². The van der Waals surface area contributed by atoms with E-state index in [9.17, 15) is 0 Å². The highest BCUT2D eigenvalue weighted by atomic mass is 35.5. The van der Waals surface area contributed by atoms with Crippen molar-refractivity contribution in [3.63, 3.8) is 0 Å². The SMILES string of the molecule is COc1ccc(CCn2ccc(-c3sc(NCc4c(C)nn(C)c4Cl)nc3C)n2)cc1. The van der Waals surface area contributed by atoms with Gasteiger partial charge in [-0.1, -0.05) is 35.1 Å². The molecule has 7 nitrogen and oxygen atoms in total. The summed E-state index contributed by atoms with van der Waals surface area (Å²) in [6.45, 7) is 5.37. The number of hydrogen-bond donors (Lipinski definition) is 1. The Bertz CT molecular complexity index is 1180. The minimum Gasteiger partial charge on any atom is -0.497 e. The summed E-state index contributed by atoms with van der Waals surface area (Å²) in [7, 11) is 3.52. The van der Waals surface area contributed by atoms with E-state index >= 15 is 0 Å². The van der Waals surface area contributed by atoms with Gasteiger partial charge in [0.05, 0.1) is 23.4 Å². The van der Waals surface area contributed by atoms with Crippen LogP contribution >= 0.6 is 22.9 Å². The highest BCUT2D eigenvalue weighted by Crippen LogP contribution is 2.32. The van der Waals surface area contributed by atoms with Crippen LogP contribution in [-0.4, -0.2) is 31.7 Å². The normalized spacial score (nSPS) is 11.1. The van der Waals surface area contributed by atoms with Crippen molar-refractivity contribution in [3.8, 4) is 16.3 Å². The minimum atomic E-state index is 0.585. The van der Waals surface area contributed by atoms with Gasteiger partial charge in [0.25, 0.3) is 0 Å². The monoisotopic (exact) mass is 456 g/mol. The smallest absolute Gasteiger partial charge is 0.183 e. The van der Waals surface area contributed by atoms with Crippen molar-refractivity contribution in [3.05, 3.63) is 64.2 Å². The molecule has 0 radical (unpaired) electrons. The lowest BCUT2D eigenvalue weighted by Gasteiger charge is -2.04. The Morgan fingerprint density at radius 2 is 1.87 bits per heavy atom. The van der Waals surface area contributed by atoms with Gasteiger partial charge >= 0.3 is 0 Å². The summed E-state index contributed by atoms with van der Waals surface area (Å²) in [5.41, 5.74) is 5.06. The summed E-state index contributed by atoms with van der Waals surface area (Å²) < 4.78 is 8.88. The first-order valence-electron chi connectivity index (χ1n) is 10.0. The van der Waals surface area contributed by atoms with Gasteiger partial charge in [-0.05, 0) is 44.0 Å². The maximum atomic E-state index is 6.33. The van der Waals surface area contributed by atoms with E-state index in [1.165, 1.54) is 5.56 Å². The van der Waals surface area contributed by atoms with Crippen LogP contribution < -0.4 is 10.1 Å². The van der Waals surface area contributed by atoms with E-state index in [0.717, 1.165) is 51.4 Å². The van der Waals surface area contributed by atoms with Gasteiger partial charge in [0.1, 0.15) is 16.6 Å². The molecule has 1 aromatic carbocycles. The molecule has 0 saturated carbocycles. The molecule has 4 rings (SSSR count). The number of nitrogens with zero attached hydrogens (tertiary/aromatic N) is 5. The summed E-state index contributed by atoms with van der Waals surface area (Å²) in [5, 5.41) is 14.0. The minimum absolute atomic E-state index is 0.585. The molecule has 0 amide bonds. The third-order valence-corrected chi connectivity index (χ3v) is 6.76. The maximum Gasteiger partial charge on any atom is 0.183 e. The van der Waals surface area contributed by atoms with E-state index in [1.807, 2.05) is 50.0 Å². The fourth-order valence-electron chi connectivity index (χ4n) is 3.39. The van der Waals surface area contributed by atoms with Gasteiger partial charge in [0.2, 0.25) is 0 Å². The molecule has 1 N–H and O–H groups in total. The zero-order chi connectivity index (χ0) is 22.0. The molecule has 4 aromatic rings. The zero-order valence-electron chi connectivity index (χ0n) is 18.0. The van der Waals surface area contributed by atoms with Crippen LogP contribution in [0.2, 0.25) is 5.15 Å². The van der Waals surface area contributed by atoms with E-state index in [1.54, 1.807) is 23.1 Å². The Balaban J connectivity index is 1.40. The number of aromatic nitrogens is 5. The average molecular weight is 457 g/mol. The molecule has 162 valence electrons. The van der Waals surface area contributed by atoms with E-state index in [0.29, 0.717) is 11.7 Å². The van der Waals surface area contributed by atoms with Crippen molar-refractivity contribution in [2.45, 2.75) is 33.4 Å². The number of anilines is 1. The first kappa shape index (κ1) is 21.4. The summed E-state index contributed by atoms with van der Waals surface area (Å²) in [6.07, 6.45) is 2.93. The molecule has 3 aromatic heterocycles. The number of ether oxygens (including phenoxy) is 1. The van der Waals surface area contributed by atoms with Gasteiger partial charge < -0.3 is 10.1 Å². The number of rotatable bonds is 8. The number of nitrogens with one attached hydrogen (secondary N) is 1. The van der Waals surface area contributed by atoms with Gasteiger partial charge in [-0.3, -0.25) is 9.36 Å². The Morgan fingerprint density at radius 1 is 1.10 bits per heavy atom. The molecular formula is C22H25ClN6OS.